The third-order valence-corrected chi connectivity index (χ3v) is 4.27. The van der Waals surface area contributed by atoms with Crippen molar-refractivity contribution in [1.29, 1.82) is 0 Å². The highest BCUT2D eigenvalue weighted by Crippen LogP contribution is 2.21. The van der Waals surface area contributed by atoms with Crippen molar-refractivity contribution < 1.29 is 14.0 Å². The Hall–Kier alpha value is -2.67. The molecule has 0 bridgehead atoms. The molecule has 1 unspecified atom stereocenters. The molecule has 2 amide bonds. The Morgan fingerprint density at radius 1 is 1.32 bits per heavy atom. The Kier molecular flexibility index (Phi) is 5.45. The topological polar surface area (TPSA) is 101 Å². The van der Waals surface area contributed by atoms with Gasteiger partial charge in [0, 0.05) is 31.7 Å². The molecule has 0 aliphatic carbocycles. The van der Waals surface area contributed by atoms with Crippen LogP contribution in [0.2, 0.25) is 0 Å². The number of hydrogen-bond acceptors (Lipinski definition) is 5. The van der Waals surface area contributed by atoms with Crippen molar-refractivity contribution in [2.24, 2.45) is 11.7 Å². The van der Waals surface area contributed by atoms with E-state index in [1.165, 1.54) is 6.26 Å². The number of nitrogens with one attached hydrogen (secondary N) is 1. The van der Waals surface area contributed by atoms with Gasteiger partial charge in [-0.05, 0) is 25.0 Å². The van der Waals surface area contributed by atoms with E-state index in [-0.39, 0.29) is 23.4 Å². The van der Waals surface area contributed by atoms with Crippen molar-refractivity contribution in [2.75, 3.05) is 26.2 Å². The van der Waals surface area contributed by atoms with Crippen molar-refractivity contribution in [2.45, 2.75) is 12.8 Å². The van der Waals surface area contributed by atoms with Gasteiger partial charge in [-0.2, -0.15) is 0 Å². The standard InChI is InChI=1S/C18H22N4O3/c19-8-9-20-16(23)14-7-4-10-22(11-14)18(24)15-12-25-17(21-15)13-5-2-1-3-6-13/h1-3,5-6,12,14H,4,7-11,19H2,(H,20,23). The number of carbonyl (C=O) groups is 2. The monoisotopic (exact) mass is 342 g/mol. The van der Waals surface area contributed by atoms with Gasteiger partial charge in [-0.25, -0.2) is 4.98 Å². The van der Waals surface area contributed by atoms with Crippen molar-refractivity contribution >= 4 is 11.8 Å². The molecule has 132 valence electrons. The van der Waals surface area contributed by atoms with Crippen LogP contribution in [-0.2, 0) is 4.79 Å². The number of nitrogens with two attached hydrogens (primary N) is 1. The normalized spacial score (nSPS) is 17.3. The molecule has 0 saturated carbocycles. The van der Waals surface area contributed by atoms with Gasteiger partial charge in [0.25, 0.3) is 5.91 Å². The Labute approximate surface area is 146 Å². The van der Waals surface area contributed by atoms with Crippen LogP contribution >= 0.6 is 0 Å². The summed E-state index contributed by atoms with van der Waals surface area (Å²) in [5.74, 6) is -0.0433. The zero-order chi connectivity index (χ0) is 17.6. The molecule has 0 radical (unpaired) electrons. The second-order valence-electron chi connectivity index (χ2n) is 6.07. The van der Waals surface area contributed by atoms with Crippen LogP contribution in [-0.4, -0.2) is 47.9 Å². The lowest BCUT2D eigenvalue weighted by atomic mass is 9.97. The van der Waals surface area contributed by atoms with Crippen molar-refractivity contribution in [3.8, 4) is 11.5 Å². The number of nitrogens with zero attached hydrogens (tertiary/aromatic N) is 2. The van der Waals surface area contributed by atoms with Crippen molar-refractivity contribution in [1.82, 2.24) is 15.2 Å². The minimum atomic E-state index is -0.206. The molecule has 25 heavy (non-hydrogen) atoms. The maximum absolute atomic E-state index is 12.7. The van der Waals surface area contributed by atoms with E-state index in [2.05, 4.69) is 10.3 Å². The molecule has 7 heteroatoms. The minimum Gasteiger partial charge on any atom is -0.444 e. The number of carbonyl (C=O) groups excluding carboxylic acids is 2. The average Bonchev–Trinajstić information content (AvgIpc) is 3.16. The lowest BCUT2D eigenvalue weighted by Gasteiger charge is -2.31. The van der Waals surface area contributed by atoms with E-state index < -0.39 is 0 Å². The summed E-state index contributed by atoms with van der Waals surface area (Å²) in [7, 11) is 0. The second kappa shape index (κ2) is 7.94. The first-order valence-corrected chi connectivity index (χ1v) is 8.47. The van der Waals surface area contributed by atoms with E-state index in [9.17, 15) is 9.59 Å². The van der Waals surface area contributed by atoms with Crippen LogP contribution < -0.4 is 11.1 Å². The van der Waals surface area contributed by atoms with Crippen LogP contribution in [0.5, 0.6) is 0 Å². The molecular formula is C18H22N4O3. The molecule has 0 spiro atoms. The summed E-state index contributed by atoms with van der Waals surface area (Å²) in [4.78, 5) is 30.8. The molecule has 1 aromatic heterocycles. The van der Waals surface area contributed by atoms with Crippen molar-refractivity contribution in [3.05, 3.63) is 42.3 Å². The first-order chi connectivity index (χ1) is 12.2. The fourth-order valence-corrected chi connectivity index (χ4v) is 2.96. The fraction of sp³-hybridized carbons (Fsp3) is 0.389. The number of hydrogen-bond donors (Lipinski definition) is 2. The molecule has 1 saturated heterocycles. The molecule has 3 rings (SSSR count). The molecule has 7 nitrogen and oxygen atoms in total. The lowest BCUT2D eigenvalue weighted by Crippen LogP contribution is -2.46. The first-order valence-electron chi connectivity index (χ1n) is 8.47. The predicted molar refractivity (Wildman–Crippen MR) is 92.6 cm³/mol. The smallest absolute Gasteiger partial charge is 0.275 e. The predicted octanol–water partition coefficient (Wildman–Crippen LogP) is 1.27. The van der Waals surface area contributed by atoms with E-state index in [0.29, 0.717) is 32.1 Å². The summed E-state index contributed by atoms with van der Waals surface area (Å²) >= 11 is 0. The Morgan fingerprint density at radius 3 is 2.88 bits per heavy atom. The van der Waals surface area contributed by atoms with Gasteiger partial charge in [0.15, 0.2) is 5.69 Å². The molecule has 2 heterocycles. The van der Waals surface area contributed by atoms with Gasteiger partial charge >= 0.3 is 0 Å². The van der Waals surface area contributed by atoms with Crippen LogP contribution in [0.4, 0.5) is 0 Å². The Morgan fingerprint density at radius 2 is 2.12 bits per heavy atom. The third kappa shape index (κ3) is 4.06. The lowest BCUT2D eigenvalue weighted by molar-refractivity contribution is -0.126. The summed E-state index contributed by atoms with van der Waals surface area (Å²) in [5.41, 5.74) is 6.49. The number of oxazole rings is 1. The Balaban J connectivity index is 1.66. The van der Waals surface area contributed by atoms with E-state index in [4.69, 9.17) is 10.2 Å². The highest BCUT2D eigenvalue weighted by molar-refractivity contribution is 5.93. The van der Waals surface area contributed by atoms with Gasteiger partial charge < -0.3 is 20.4 Å². The van der Waals surface area contributed by atoms with Gasteiger partial charge in [0.2, 0.25) is 11.8 Å². The van der Waals surface area contributed by atoms with Crippen LogP contribution in [0.3, 0.4) is 0 Å². The van der Waals surface area contributed by atoms with Gasteiger partial charge in [-0.1, -0.05) is 18.2 Å². The average molecular weight is 342 g/mol. The number of likely N-dealkylation sites (tertiary alicyclic amines) is 1. The largest absolute Gasteiger partial charge is 0.444 e. The number of rotatable bonds is 5. The summed E-state index contributed by atoms with van der Waals surface area (Å²) in [6.07, 6.45) is 2.94. The molecule has 2 aromatic rings. The summed E-state index contributed by atoms with van der Waals surface area (Å²) < 4.78 is 5.44. The van der Waals surface area contributed by atoms with Crippen molar-refractivity contribution in [3.63, 3.8) is 0 Å². The molecule has 1 atom stereocenters. The summed E-state index contributed by atoms with van der Waals surface area (Å²) in [6, 6.07) is 9.42. The van der Waals surface area contributed by atoms with Gasteiger partial charge in [0.1, 0.15) is 6.26 Å². The molecule has 3 N–H and O–H groups in total. The van der Waals surface area contributed by atoms with Crippen LogP contribution in [0.25, 0.3) is 11.5 Å². The van der Waals surface area contributed by atoms with E-state index in [1.807, 2.05) is 30.3 Å². The quantitative estimate of drug-likeness (QED) is 0.852. The first kappa shape index (κ1) is 17.2. The van der Waals surface area contributed by atoms with Gasteiger partial charge in [-0.15, -0.1) is 0 Å². The Bertz CT molecular complexity index is 729. The van der Waals surface area contributed by atoms with Gasteiger partial charge in [0.05, 0.1) is 5.92 Å². The fourth-order valence-electron chi connectivity index (χ4n) is 2.96. The second-order valence-corrected chi connectivity index (χ2v) is 6.07. The minimum absolute atomic E-state index is 0.0481. The maximum atomic E-state index is 12.7. The summed E-state index contributed by atoms with van der Waals surface area (Å²) in [6.45, 7) is 1.87. The van der Waals surface area contributed by atoms with E-state index >= 15 is 0 Å². The van der Waals surface area contributed by atoms with Crippen LogP contribution in [0.15, 0.2) is 41.0 Å². The number of aromatic nitrogens is 1. The zero-order valence-corrected chi connectivity index (χ0v) is 14.0. The number of piperidine rings is 1. The molecular weight excluding hydrogens is 320 g/mol. The molecule has 1 aliphatic rings. The number of benzene rings is 1. The molecule has 1 aromatic carbocycles. The number of amides is 2. The zero-order valence-electron chi connectivity index (χ0n) is 14.0. The maximum Gasteiger partial charge on any atom is 0.275 e. The summed E-state index contributed by atoms with van der Waals surface area (Å²) in [5, 5.41) is 2.79. The molecule has 1 aliphatic heterocycles. The van der Waals surface area contributed by atoms with Crippen LogP contribution in [0, 0.1) is 5.92 Å². The van der Waals surface area contributed by atoms with E-state index in [0.717, 1.165) is 18.4 Å². The highest BCUT2D eigenvalue weighted by Gasteiger charge is 2.30. The third-order valence-electron chi connectivity index (χ3n) is 4.27. The highest BCUT2D eigenvalue weighted by atomic mass is 16.3. The van der Waals surface area contributed by atoms with Gasteiger partial charge in [-0.3, -0.25) is 9.59 Å². The molecule has 1 fully saturated rings. The van der Waals surface area contributed by atoms with E-state index in [1.54, 1.807) is 4.90 Å². The SMILES string of the molecule is NCCNC(=O)C1CCCN(C(=O)c2coc(-c3ccccc3)n2)C1. The van der Waals surface area contributed by atoms with Crippen LogP contribution in [0.1, 0.15) is 23.3 Å².